The molecule has 0 unspecified atom stereocenters. The molecule has 1 N–H and O–H groups in total. The highest BCUT2D eigenvalue weighted by Crippen LogP contribution is 2.19. The summed E-state index contributed by atoms with van der Waals surface area (Å²) < 4.78 is 1.15. The molecule has 1 aliphatic rings. The van der Waals surface area contributed by atoms with Gasteiger partial charge in [-0.2, -0.15) is 0 Å². The Morgan fingerprint density at radius 2 is 1.89 bits per heavy atom. The molecule has 106 valence electrons. The molecular formula is C16H25BrN2. The van der Waals surface area contributed by atoms with Crippen molar-refractivity contribution in [1.82, 2.24) is 10.2 Å². The molecule has 1 aromatic rings. The van der Waals surface area contributed by atoms with Gasteiger partial charge in [-0.3, -0.25) is 0 Å². The van der Waals surface area contributed by atoms with E-state index < -0.39 is 0 Å². The number of piperidine rings is 1. The molecule has 1 saturated heterocycles. The summed E-state index contributed by atoms with van der Waals surface area (Å²) in [4.78, 5) is 2.59. The standard InChI is InChI=1S/C16H25BrN2/c1-3-10-19-11-8-16(9-12-19)18-13(2)14-4-6-15(17)7-5-14/h4-7,13,16,18H,3,8-12H2,1-2H3/t13-/m1/s1. The Morgan fingerprint density at radius 3 is 2.47 bits per heavy atom. The number of halogens is 1. The van der Waals surface area contributed by atoms with E-state index in [-0.39, 0.29) is 0 Å². The number of likely N-dealkylation sites (tertiary alicyclic amines) is 1. The first-order valence-corrected chi connectivity index (χ1v) is 8.22. The third kappa shape index (κ3) is 4.59. The molecule has 1 aliphatic heterocycles. The fourth-order valence-corrected chi connectivity index (χ4v) is 3.11. The van der Waals surface area contributed by atoms with Crippen LogP contribution in [0.1, 0.15) is 44.7 Å². The number of hydrogen-bond acceptors (Lipinski definition) is 2. The summed E-state index contributed by atoms with van der Waals surface area (Å²) in [6.07, 6.45) is 3.83. The van der Waals surface area contributed by atoms with Crippen LogP contribution in [0.3, 0.4) is 0 Å². The Bertz CT molecular complexity index is 369. The molecule has 0 bridgehead atoms. The Morgan fingerprint density at radius 1 is 1.26 bits per heavy atom. The van der Waals surface area contributed by atoms with Crippen molar-refractivity contribution in [3.8, 4) is 0 Å². The second kappa shape index (κ2) is 7.41. The van der Waals surface area contributed by atoms with E-state index in [1.807, 2.05) is 0 Å². The highest BCUT2D eigenvalue weighted by molar-refractivity contribution is 9.10. The van der Waals surface area contributed by atoms with Gasteiger partial charge in [0.25, 0.3) is 0 Å². The minimum atomic E-state index is 0.441. The first-order valence-electron chi connectivity index (χ1n) is 7.43. The maximum Gasteiger partial charge on any atom is 0.0294 e. The predicted octanol–water partition coefficient (Wildman–Crippen LogP) is 3.97. The van der Waals surface area contributed by atoms with Gasteiger partial charge in [-0.05, 0) is 63.5 Å². The van der Waals surface area contributed by atoms with Crippen molar-refractivity contribution >= 4 is 15.9 Å². The molecule has 2 nitrogen and oxygen atoms in total. The van der Waals surface area contributed by atoms with Gasteiger partial charge in [0, 0.05) is 16.6 Å². The molecule has 3 heteroatoms. The van der Waals surface area contributed by atoms with Gasteiger partial charge in [-0.1, -0.05) is 35.0 Å². The van der Waals surface area contributed by atoms with Crippen LogP contribution in [0, 0.1) is 0 Å². The van der Waals surface area contributed by atoms with Crippen LogP contribution in [0.2, 0.25) is 0 Å². The van der Waals surface area contributed by atoms with Crippen molar-refractivity contribution in [2.45, 2.75) is 45.2 Å². The Balaban J connectivity index is 1.80. The van der Waals surface area contributed by atoms with Crippen molar-refractivity contribution in [2.75, 3.05) is 19.6 Å². The van der Waals surface area contributed by atoms with Gasteiger partial charge in [0.2, 0.25) is 0 Å². The van der Waals surface area contributed by atoms with E-state index in [9.17, 15) is 0 Å². The monoisotopic (exact) mass is 324 g/mol. The molecule has 1 atom stereocenters. The minimum absolute atomic E-state index is 0.441. The SMILES string of the molecule is CCCN1CCC(N[C@H](C)c2ccc(Br)cc2)CC1. The quantitative estimate of drug-likeness (QED) is 0.881. The van der Waals surface area contributed by atoms with Gasteiger partial charge >= 0.3 is 0 Å². The van der Waals surface area contributed by atoms with E-state index >= 15 is 0 Å². The zero-order valence-corrected chi connectivity index (χ0v) is 13.6. The third-order valence-electron chi connectivity index (χ3n) is 3.98. The lowest BCUT2D eigenvalue weighted by Crippen LogP contribution is -2.43. The van der Waals surface area contributed by atoms with Gasteiger partial charge in [0.1, 0.15) is 0 Å². The lowest BCUT2D eigenvalue weighted by Gasteiger charge is -2.33. The molecule has 1 aromatic carbocycles. The lowest BCUT2D eigenvalue weighted by molar-refractivity contribution is 0.192. The maximum atomic E-state index is 3.78. The number of rotatable bonds is 5. The molecular weight excluding hydrogens is 300 g/mol. The third-order valence-corrected chi connectivity index (χ3v) is 4.51. The van der Waals surface area contributed by atoms with Crippen molar-refractivity contribution in [3.63, 3.8) is 0 Å². The number of nitrogens with zero attached hydrogens (tertiary/aromatic N) is 1. The second-order valence-corrected chi connectivity index (χ2v) is 6.47. The Labute approximate surface area is 125 Å². The normalized spacial score (nSPS) is 19.5. The Hall–Kier alpha value is -0.380. The van der Waals surface area contributed by atoms with Crippen molar-refractivity contribution < 1.29 is 0 Å². The summed E-state index contributed by atoms with van der Waals surface area (Å²) in [7, 11) is 0. The van der Waals surface area contributed by atoms with Crippen LogP contribution in [0.5, 0.6) is 0 Å². The fourth-order valence-electron chi connectivity index (χ4n) is 2.84. The van der Waals surface area contributed by atoms with Gasteiger partial charge in [0.15, 0.2) is 0 Å². The second-order valence-electron chi connectivity index (χ2n) is 5.56. The predicted molar refractivity (Wildman–Crippen MR) is 85.4 cm³/mol. The maximum absolute atomic E-state index is 3.78. The average Bonchev–Trinajstić information content (AvgIpc) is 2.42. The van der Waals surface area contributed by atoms with Crippen molar-refractivity contribution in [3.05, 3.63) is 34.3 Å². The van der Waals surface area contributed by atoms with Crippen LogP contribution in [0.25, 0.3) is 0 Å². The van der Waals surface area contributed by atoms with Gasteiger partial charge in [0.05, 0.1) is 0 Å². The number of benzene rings is 1. The lowest BCUT2D eigenvalue weighted by atomic mass is 10.0. The molecule has 0 amide bonds. The van der Waals surface area contributed by atoms with Gasteiger partial charge in [-0.15, -0.1) is 0 Å². The molecule has 0 aliphatic carbocycles. The van der Waals surface area contributed by atoms with Gasteiger partial charge < -0.3 is 10.2 Å². The topological polar surface area (TPSA) is 15.3 Å². The van der Waals surface area contributed by atoms with Crippen LogP contribution >= 0.6 is 15.9 Å². The minimum Gasteiger partial charge on any atom is -0.307 e. The molecule has 2 rings (SSSR count). The van der Waals surface area contributed by atoms with Crippen LogP contribution < -0.4 is 5.32 Å². The highest BCUT2D eigenvalue weighted by atomic mass is 79.9. The zero-order valence-electron chi connectivity index (χ0n) is 12.0. The Kier molecular flexibility index (Phi) is 5.86. The van der Waals surface area contributed by atoms with E-state index in [0.29, 0.717) is 12.1 Å². The van der Waals surface area contributed by atoms with Crippen molar-refractivity contribution in [1.29, 1.82) is 0 Å². The molecule has 0 saturated carbocycles. The zero-order chi connectivity index (χ0) is 13.7. The molecule has 1 fully saturated rings. The highest BCUT2D eigenvalue weighted by Gasteiger charge is 2.20. The average molecular weight is 325 g/mol. The van der Waals surface area contributed by atoms with Crippen LogP contribution in [-0.2, 0) is 0 Å². The molecule has 0 spiro atoms. The van der Waals surface area contributed by atoms with E-state index in [2.05, 4.69) is 64.3 Å². The summed E-state index contributed by atoms with van der Waals surface area (Å²) in [5.74, 6) is 0. The van der Waals surface area contributed by atoms with E-state index in [0.717, 1.165) is 4.47 Å². The van der Waals surface area contributed by atoms with Crippen molar-refractivity contribution in [2.24, 2.45) is 0 Å². The first kappa shape index (κ1) is 15.0. The van der Waals surface area contributed by atoms with Gasteiger partial charge in [-0.25, -0.2) is 0 Å². The number of nitrogens with one attached hydrogen (secondary N) is 1. The molecule has 1 heterocycles. The molecule has 0 radical (unpaired) electrons. The van der Waals surface area contributed by atoms with Crippen LogP contribution in [-0.4, -0.2) is 30.6 Å². The van der Waals surface area contributed by atoms with E-state index in [1.165, 1.54) is 44.5 Å². The molecule has 0 aromatic heterocycles. The van der Waals surface area contributed by atoms with E-state index in [1.54, 1.807) is 0 Å². The first-order chi connectivity index (χ1) is 9.19. The summed E-state index contributed by atoms with van der Waals surface area (Å²) in [5.41, 5.74) is 1.37. The van der Waals surface area contributed by atoms with E-state index in [4.69, 9.17) is 0 Å². The summed E-state index contributed by atoms with van der Waals surface area (Å²) in [5, 5.41) is 3.78. The summed E-state index contributed by atoms with van der Waals surface area (Å²) in [6, 6.07) is 9.76. The van der Waals surface area contributed by atoms with Crippen LogP contribution in [0.4, 0.5) is 0 Å². The van der Waals surface area contributed by atoms with Crippen LogP contribution in [0.15, 0.2) is 28.7 Å². The fraction of sp³-hybridized carbons (Fsp3) is 0.625. The summed E-state index contributed by atoms with van der Waals surface area (Å²) in [6.45, 7) is 8.29. The summed E-state index contributed by atoms with van der Waals surface area (Å²) >= 11 is 3.49. The largest absolute Gasteiger partial charge is 0.307 e. The smallest absolute Gasteiger partial charge is 0.0294 e. The molecule has 19 heavy (non-hydrogen) atoms. The number of hydrogen-bond donors (Lipinski definition) is 1.